The second-order valence-electron chi connectivity index (χ2n) is 3.75. The fourth-order valence-electron chi connectivity index (χ4n) is 1.41. The van der Waals surface area contributed by atoms with Crippen molar-refractivity contribution in [2.45, 2.75) is 52.6 Å². The number of rotatable bonds is 8. The van der Waals surface area contributed by atoms with E-state index in [9.17, 15) is 9.59 Å². The molecule has 0 bridgehead atoms. The molecule has 4 nitrogen and oxygen atoms in total. The molecule has 16 heavy (non-hydrogen) atoms. The number of carbonyl (C=O) groups is 2. The van der Waals surface area contributed by atoms with E-state index in [-0.39, 0.29) is 24.6 Å². The number of ketones is 1. The van der Waals surface area contributed by atoms with Crippen molar-refractivity contribution in [3.05, 3.63) is 0 Å². The zero-order valence-electron chi connectivity index (χ0n) is 10.7. The van der Waals surface area contributed by atoms with Crippen LogP contribution in [0.3, 0.4) is 0 Å². The largest absolute Gasteiger partial charge is 0.466 e. The van der Waals surface area contributed by atoms with E-state index in [1.54, 1.807) is 13.8 Å². The van der Waals surface area contributed by atoms with E-state index in [0.717, 1.165) is 0 Å². The van der Waals surface area contributed by atoms with Crippen molar-refractivity contribution in [2.75, 3.05) is 13.2 Å². The van der Waals surface area contributed by atoms with E-state index < -0.39 is 5.60 Å². The molecular weight excluding hydrogens is 208 g/mol. The maximum Gasteiger partial charge on any atom is 0.306 e. The van der Waals surface area contributed by atoms with Gasteiger partial charge in [-0.2, -0.15) is 0 Å². The lowest BCUT2D eigenvalue weighted by Gasteiger charge is -2.26. The maximum absolute atomic E-state index is 11.9. The summed E-state index contributed by atoms with van der Waals surface area (Å²) in [5, 5.41) is 0. The van der Waals surface area contributed by atoms with E-state index in [0.29, 0.717) is 19.6 Å². The molecule has 0 aliphatic heterocycles. The average Bonchev–Trinajstić information content (AvgIpc) is 2.26. The van der Waals surface area contributed by atoms with Crippen molar-refractivity contribution in [1.29, 1.82) is 0 Å². The molecule has 94 valence electrons. The number of esters is 1. The van der Waals surface area contributed by atoms with Gasteiger partial charge in [-0.3, -0.25) is 9.59 Å². The normalized spacial score (nSPS) is 14.2. The van der Waals surface area contributed by atoms with Crippen molar-refractivity contribution in [3.8, 4) is 0 Å². The smallest absolute Gasteiger partial charge is 0.306 e. The molecule has 0 amide bonds. The minimum atomic E-state index is -0.763. The number of ether oxygens (including phenoxy) is 2. The first-order valence-corrected chi connectivity index (χ1v) is 5.83. The van der Waals surface area contributed by atoms with Gasteiger partial charge in [0.1, 0.15) is 5.60 Å². The summed E-state index contributed by atoms with van der Waals surface area (Å²) >= 11 is 0. The molecule has 0 heterocycles. The first kappa shape index (κ1) is 15.1. The van der Waals surface area contributed by atoms with Crippen LogP contribution in [-0.2, 0) is 19.1 Å². The van der Waals surface area contributed by atoms with Gasteiger partial charge in [0.15, 0.2) is 5.78 Å². The maximum atomic E-state index is 11.9. The van der Waals surface area contributed by atoms with Gasteiger partial charge >= 0.3 is 5.97 Å². The molecule has 0 aliphatic carbocycles. The SMILES string of the molecule is CCOC(=O)CCC(=O)C(C)(CC)OCC. The van der Waals surface area contributed by atoms with Crippen LogP contribution in [-0.4, -0.2) is 30.6 Å². The van der Waals surface area contributed by atoms with Gasteiger partial charge in [-0.25, -0.2) is 0 Å². The van der Waals surface area contributed by atoms with Gasteiger partial charge in [0.05, 0.1) is 13.0 Å². The summed E-state index contributed by atoms with van der Waals surface area (Å²) < 4.78 is 10.2. The molecule has 0 aromatic carbocycles. The molecule has 4 heteroatoms. The number of Topliss-reactive ketones (excluding diaryl/α,β-unsaturated/α-hetero) is 1. The lowest BCUT2D eigenvalue weighted by Crippen LogP contribution is -2.38. The van der Waals surface area contributed by atoms with Crippen LogP contribution in [0.1, 0.15) is 47.0 Å². The molecule has 0 N–H and O–H groups in total. The Labute approximate surface area is 97.3 Å². The minimum Gasteiger partial charge on any atom is -0.466 e. The van der Waals surface area contributed by atoms with Crippen molar-refractivity contribution in [1.82, 2.24) is 0 Å². The predicted molar refractivity (Wildman–Crippen MR) is 61.2 cm³/mol. The van der Waals surface area contributed by atoms with Crippen LogP contribution in [0.5, 0.6) is 0 Å². The highest BCUT2D eigenvalue weighted by Crippen LogP contribution is 2.19. The first-order chi connectivity index (χ1) is 7.50. The van der Waals surface area contributed by atoms with Gasteiger partial charge in [0.2, 0.25) is 0 Å². The highest BCUT2D eigenvalue weighted by Gasteiger charge is 2.31. The summed E-state index contributed by atoms with van der Waals surface area (Å²) in [6.45, 7) is 8.11. The van der Waals surface area contributed by atoms with Gasteiger partial charge in [-0.1, -0.05) is 6.92 Å². The molecule has 1 unspecified atom stereocenters. The summed E-state index contributed by atoms with van der Waals surface area (Å²) in [6.07, 6.45) is 0.932. The third kappa shape index (κ3) is 4.75. The summed E-state index contributed by atoms with van der Waals surface area (Å²) in [5.41, 5.74) is -0.763. The number of carbonyl (C=O) groups excluding carboxylic acids is 2. The first-order valence-electron chi connectivity index (χ1n) is 5.83. The Bertz CT molecular complexity index is 237. The Kier molecular flexibility index (Phi) is 6.97. The molecule has 0 saturated carbocycles. The van der Waals surface area contributed by atoms with Crippen LogP contribution < -0.4 is 0 Å². The topological polar surface area (TPSA) is 52.6 Å². The zero-order chi connectivity index (χ0) is 12.6. The molecular formula is C12H22O4. The molecule has 1 atom stereocenters. The predicted octanol–water partition coefficient (Wildman–Crippen LogP) is 2.10. The molecule has 0 aliphatic rings. The van der Waals surface area contributed by atoms with Crippen LogP contribution in [0.25, 0.3) is 0 Å². The van der Waals surface area contributed by atoms with E-state index >= 15 is 0 Å². The van der Waals surface area contributed by atoms with Gasteiger partial charge in [-0.05, 0) is 27.2 Å². The molecule has 0 saturated heterocycles. The quantitative estimate of drug-likeness (QED) is 0.599. The Morgan fingerprint density at radius 3 is 2.12 bits per heavy atom. The van der Waals surface area contributed by atoms with Crippen LogP contribution >= 0.6 is 0 Å². The lowest BCUT2D eigenvalue weighted by molar-refractivity contribution is -0.148. The van der Waals surface area contributed by atoms with Crippen molar-refractivity contribution < 1.29 is 19.1 Å². The second kappa shape index (κ2) is 7.39. The van der Waals surface area contributed by atoms with Crippen molar-refractivity contribution in [2.24, 2.45) is 0 Å². The average molecular weight is 230 g/mol. The summed E-state index contributed by atoms with van der Waals surface area (Å²) in [7, 11) is 0. The number of hydrogen-bond donors (Lipinski definition) is 0. The Hall–Kier alpha value is -0.900. The minimum absolute atomic E-state index is 0.0371. The van der Waals surface area contributed by atoms with E-state index in [2.05, 4.69) is 0 Å². The summed E-state index contributed by atoms with van der Waals surface area (Å²) in [5.74, 6) is -0.365. The molecule has 0 aromatic rings. The van der Waals surface area contributed by atoms with Gasteiger partial charge in [0.25, 0.3) is 0 Å². The second-order valence-corrected chi connectivity index (χ2v) is 3.75. The third-order valence-corrected chi connectivity index (χ3v) is 2.59. The summed E-state index contributed by atoms with van der Waals surface area (Å²) in [6, 6.07) is 0. The van der Waals surface area contributed by atoms with Gasteiger partial charge < -0.3 is 9.47 Å². The Morgan fingerprint density at radius 1 is 1.06 bits per heavy atom. The zero-order valence-corrected chi connectivity index (χ0v) is 10.7. The Balaban J connectivity index is 4.17. The van der Waals surface area contributed by atoms with Crippen molar-refractivity contribution >= 4 is 11.8 Å². The monoisotopic (exact) mass is 230 g/mol. The van der Waals surface area contributed by atoms with E-state index in [4.69, 9.17) is 9.47 Å². The Morgan fingerprint density at radius 2 is 1.69 bits per heavy atom. The van der Waals surface area contributed by atoms with Crippen LogP contribution in [0.2, 0.25) is 0 Å². The summed E-state index contributed by atoms with van der Waals surface area (Å²) in [4.78, 5) is 23.0. The van der Waals surface area contributed by atoms with E-state index in [1.807, 2.05) is 13.8 Å². The van der Waals surface area contributed by atoms with Crippen LogP contribution in [0, 0.1) is 0 Å². The number of hydrogen-bond acceptors (Lipinski definition) is 4. The molecule has 0 spiro atoms. The highest BCUT2D eigenvalue weighted by molar-refractivity contribution is 5.89. The third-order valence-electron chi connectivity index (χ3n) is 2.59. The fourth-order valence-corrected chi connectivity index (χ4v) is 1.41. The molecule has 0 aromatic heterocycles. The van der Waals surface area contributed by atoms with Gasteiger partial charge in [0, 0.05) is 13.0 Å². The van der Waals surface area contributed by atoms with Crippen LogP contribution in [0.4, 0.5) is 0 Å². The molecule has 0 fully saturated rings. The van der Waals surface area contributed by atoms with E-state index in [1.165, 1.54) is 0 Å². The van der Waals surface area contributed by atoms with Gasteiger partial charge in [-0.15, -0.1) is 0 Å². The lowest BCUT2D eigenvalue weighted by atomic mass is 9.94. The standard InChI is InChI=1S/C12H22O4/c1-5-12(4,16-7-3)10(13)8-9-11(14)15-6-2/h5-9H2,1-4H3. The molecule has 0 radical (unpaired) electrons. The van der Waals surface area contributed by atoms with Crippen LogP contribution in [0.15, 0.2) is 0 Å². The fraction of sp³-hybridized carbons (Fsp3) is 0.833. The highest BCUT2D eigenvalue weighted by atomic mass is 16.5. The van der Waals surface area contributed by atoms with Crippen molar-refractivity contribution in [3.63, 3.8) is 0 Å². The molecule has 0 rings (SSSR count).